The molecule has 0 spiro atoms. The van der Waals surface area contributed by atoms with Gasteiger partial charge >= 0.3 is 0 Å². The minimum atomic E-state index is -0.364. The number of methoxy groups -OCH3 is 1. The van der Waals surface area contributed by atoms with E-state index in [1.807, 2.05) is 26.8 Å². The Kier molecular flexibility index (Phi) is 4.88. The van der Waals surface area contributed by atoms with E-state index in [1.165, 1.54) is 13.2 Å². The van der Waals surface area contributed by atoms with Gasteiger partial charge in [0.25, 0.3) is 0 Å². The summed E-state index contributed by atoms with van der Waals surface area (Å²) < 4.78 is 20.7. The molecule has 2 rings (SSSR count). The van der Waals surface area contributed by atoms with Crippen LogP contribution in [0.15, 0.2) is 21.1 Å². The lowest BCUT2D eigenvalue weighted by Gasteiger charge is -2.17. The Balaban J connectivity index is 2.52. The van der Waals surface area contributed by atoms with Crippen LogP contribution in [0.25, 0.3) is 0 Å². The number of benzene rings is 1. The summed E-state index contributed by atoms with van der Waals surface area (Å²) in [6, 6.07) is 3.38. The fraction of sp³-hybridized carbons (Fsp3) is 0.267. The molecule has 112 valence electrons. The zero-order chi connectivity index (χ0) is 15.7. The first-order chi connectivity index (χ1) is 9.85. The normalized spacial score (nSPS) is 10.6. The number of pyridine rings is 1. The largest absolute Gasteiger partial charge is 0.493 e. The Labute approximate surface area is 140 Å². The van der Waals surface area contributed by atoms with Gasteiger partial charge < -0.3 is 10.1 Å². The summed E-state index contributed by atoms with van der Waals surface area (Å²) in [6.45, 7) is 5.57. The zero-order valence-electron chi connectivity index (χ0n) is 12.1. The van der Waals surface area contributed by atoms with Crippen LogP contribution in [0.1, 0.15) is 16.8 Å². The molecule has 1 heterocycles. The Morgan fingerprint density at radius 1 is 1.14 bits per heavy atom. The quantitative estimate of drug-likeness (QED) is 0.723. The SMILES string of the molecule is COc1c(F)cc(C)c(Nc2nc(C)c(Br)cc2Br)c1C. The van der Waals surface area contributed by atoms with E-state index in [0.717, 1.165) is 25.9 Å². The van der Waals surface area contributed by atoms with Gasteiger partial charge in [-0.15, -0.1) is 0 Å². The number of halogens is 3. The minimum Gasteiger partial charge on any atom is -0.493 e. The predicted molar refractivity (Wildman–Crippen MR) is 90.1 cm³/mol. The fourth-order valence-electron chi connectivity index (χ4n) is 2.12. The fourth-order valence-corrected chi connectivity index (χ4v) is 3.17. The van der Waals surface area contributed by atoms with Gasteiger partial charge in [-0.05, 0) is 70.3 Å². The average Bonchev–Trinajstić information content (AvgIpc) is 2.40. The van der Waals surface area contributed by atoms with Crippen molar-refractivity contribution in [2.75, 3.05) is 12.4 Å². The van der Waals surface area contributed by atoms with Crippen molar-refractivity contribution in [2.24, 2.45) is 0 Å². The molecule has 0 bridgehead atoms. The standard InChI is InChI=1S/C15H15Br2FN2O/c1-7-5-12(18)14(21-4)8(2)13(7)20-15-11(17)6-10(16)9(3)19-15/h5-6H,1-4H3,(H,19,20). The van der Waals surface area contributed by atoms with E-state index >= 15 is 0 Å². The third-order valence-corrected chi connectivity index (χ3v) is 4.63. The highest BCUT2D eigenvalue weighted by Gasteiger charge is 2.16. The predicted octanol–water partition coefficient (Wildman–Crippen LogP) is 5.42. The molecule has 0 aliphatic rings. The summed E-state index contributed by atoms with van der Waals surface area (Å²) in [6.07, 6.45) is 0. The smallest absolute Gasteiger partial charge is 0.165 e. The molecular weight excluding hydrogens is 403 g/mol. The van der Waals surface area contributed by atoms with E-state index in [0.29, 0.717) is 11.4 Å². The molecule has 0 radical (unpaired) electrons. The number of nitrogens with zero attached hydrogens (tertiary/aromatic N) is 1. The maximum atomic E-state index is 13.8. The van der Waals surface area contributed by atoms with Crippen LogP contribution >= 0.6 is 31.9 Å². The van der Waals surface area contributed by atoms with Crippen LogP contribution in [0.4, 0.5) is 15.9 Å². The molecule has 0 aliphatic carbocycles. The summed E-state index contributed by atoms with van der Waals surface area (Å²) >= 11 is 6.91. The van der Waals surface area contributed by atoms with Crippen molar-refractivity contribution in [3.8, 4) is 5.75 Å². The number of aryl methyl sites for hydroxylation is 2. The highest BCUT2D eigenvalue weighted by Crippen LogP contribution is 2.35. The molecule has 0 unspecified atom stereocenters. The number of nitrogens with one attached hydrogen (secondary N) is 1. The first-order valence-corrected chi connectivity index (χ1v) is 7.87. The van der Waals surface area contributed by atoms with Gasteiger partial charge in [0.15, 0.2) is 11.6 Å². The van der Waals surface area contributed by atoms with E-state index < -0.39 is 0 Å². The number of hydrogen-bond acceptors (Lipinski definition) is 3. The van der Waals surface area contributed by atoms with Gasteiger partial charge in [0.2, 0.25) is 0 Å². The molecule has 0 atom stereocenters. The first-order valence-electron chi connectivity index (χ1n) is 6.28. The number of ether oxygens (including phenoxy) is 1. The summed E-state index contributed by atoms with van der Waals surface area (Å²) in [4.78, 5) is 4.49. The van der Waals surface area contributed by atoms with Crippen LogP contribution in [0.3, 0.4) is 0 Å². The molecule has 1 N–H and O–H groups in total. The van der Waals surface area contributed by atoms with E-state index in [1.54, 1.807) is 0 Å². The van der Waals surface area contributed by atoms with Crippen LogP contribution in [0.5, 0.6) is 5.75 Å². The van der Waals surface area contributed by atoms with Crippen molar-refractivity contribution in [3.63, 3.8) is 0 Å². The Morgan fingerprint density at radius 3 is 2.43 bits per heavy atom. The van der Waals surface area contributed by atoms with Crippen molar-refractivity contribution in [1.29, 1.82) is 0 Å². The van der Waals surface area contributed by atoms with Gasteiger partial charge in [-0.25, -0.2) is 9.37 Å². The topological polar surface area (TPSA) is 34.1 Å². The summed E-state index contributed by atoms with van der Waals surface area (Å²) in [5.41, 5.74) is 3.16. The Bertz CT molecular complexity index is 705. The van der Waals surface area contributed by atoms with Crippen LogP contribution in [0, 0.1) is 26.6 Å². The van der Waals surface area contributed by atoms with Crippen molar-refractivity contribution in [3.05, 3.63) is 43.7 Å². The highest BCUT2D eigenvalue weighted by molar-refractivity contribution is 9.11. The van der Waals surface area contributed by atoms with Crippen LogP contribution in [-0.2, 0) is 0 Å². The Morgan fingerprint density at radius 2 is 1.81 bits per heavy atom. The number of aromatic nitrogens is 1. The zero-order valence-corrected chi connectivity index (χ0v) is 15.3. The van der Waals surface area contributed by atoms with Crippen LogP contribution in [0.2, 0.25) is 0 Å². The van der Waals surface area contributed by atoms with Crippen molar-refractivity contribution >= 4 is 43.4 Å². The highest BCUT2D eigenvalue weighted by atomic mass is 79.9. The lowest BCUT2D eigenvalue weighted by atomic mass is 10.1. The van der Waals surface area contributed by atoms with Crippen molar-refractivity contribution < 1.29 is 9.13 Å². The third kappa shape index (κ3) is 3.21. The molecule has 0 saturated heterocycles. The second-order valence-electron chi connectivity index (χ2n) is 4.72. The summed E-state index contributed by atoms with van der Waals surface area (Å²) in [7, 11) is 1.46. The van der Waals surface area contributed by atoms with Gasteiger partial charge in [-0.3, -0.25) is 0 Å². The average molecular weight is 418 g/mol. The van der Waals surface area contributed by atoms with E-state index in [2.05, 4.69) is 42.2 Å². The molecule has 1 aromatic heterocycles. The molecule has 3 nitrogen and oxygen atoms in total. The lowest BCUT2D eigenvalue weighted by molar-refractivity contribution is 0.383. The minimum absolute atomic E-state index is 0.244. The molecule has 1 aromatic carbocycles. The van der Waals surface area contributed by atoms with Crippen LogP contribution < -0.4 is 10.1 Å². The molecule has 21 heavy (non-hydrogen) atoms. The monoisotopic (exact) mass is 416 g/mol. The second-order valence-corrected chi connectivity index (χ2v) is 6.43. The summed E-state index contributed by atoms with van der Waals surface area (Å²) in [5, 5.41) is 3.25. The van der Waals surface area contributed by atoms with E-state index in [4.69, 9.17) is 4.74 Å². The number of anilines is 2. The Hall–Kier alpha value is -1.14. The molecule has 2 aromatic rings. The number of rotatable bonds is 3. The molecule has 0 saturated carbocycles. The van der Waals surface area contributed by atoms with Crippen molar-refractivity contribution in [2.45, 2.75) is 20.8 Å². The molecular formula is C15H15Br2FN2O. The molecule has 0 amide bonds. The summed E-state index contributed by atoms with van der Waals surface area (Å²) in [5.74, 6) is 0.556. The second kappa shape index (κ2) is 6.32. The lowest BCUT2D eigenvalue weighted by Crippen LogP contribution is -2.03. The third-order valence-electron chi connectivity index (χ3n) is 3.22. The maximum absolute atomic E-state index is 13.8. The van der Waals surface area contributed by atoms with Gasteiger partial charge in [0, 0.05) is 15.7 Å². The molecule has 6 heteroatoms. The first kappa shape index (κ1) is 16.2. The van der Waals surface area contributed by atoms with Crippen LogP contribution in [-0.4, -0.2) is 12.1 Å². The van der Waals surface area contributed by atoms with E-state index in [9.17, 15) is 4.39 Å². The molecule has 0 aliphatic heterocycles. The van der Waals surface area contributed by atoms with E-state index in [-0.39, 0.29) is 11.6 Å². The maximum Gasteiger partial charge on any atom is 0.165 e. The van der Waals surface area contributed by atoms with Gasteiger partial charge in [-0.2, -0.15) is 0 Å². The van der Waals surface area contributed by atoms with Gasteiger partial charge in [0.1, 0.15) is 5.82 Å². The van der Waals surface area contributed by atoms with Crippen molar-refractivity contribution in [1.82, 2.24) is 4.98 Å². The molecule has 0 fully saturated rings. The van der Waals surface area contributed by atoms with Gasteiger partial charge in [-0.1, -0.05) is 0 Å². The van der Waals surface area contributed by atoms with Gasteiger partial charge in [0.05, 0.1) is 17.3 Å². The number of hydrogen-bond donors (Lipinski definition) is 1.